The third-order valence-corrected chi connectivity index (χ3v) is 7.33. The molecule has 12 nitrogen and oxygen atoms in total. The summed E-state index contributed by atoms with van der Waals surface area (Å²) in [4.78, 5) is 51.1. The Hall–Kier alpha value is -4.07. The third kappa shape index (κ3) is 17.2. The fourth-order valence-electron chi connectivity index (χ4n) is 4.60. The molecule has 2 rings (SSSR count). The lowest BCUT2D eigenvalue weighted by Gasteiger charge is -2.18. The SMILES string of the molecule is CC/C=C\C/C=C\C/C=C\C/C=C\C/C=C\CCCC(=O)NCCN(C)CCNC(=O)OC[C@H]1OC(n2cc(F)c(=O)[nH]c2=O)C[C@@H]1O. The number of carbonyl (C=O) groups is 2. The molecule has 1 aliphatic rings. The van der Waals surface area contributed by atoms with Gasteiger partial charge in [0.05, 0.1) is 12.3 Å². The number of aromatic nitrogens is 2. The second-order valence-corrected chi connectivity index (χ2v) is 11.4. The topological polar surface area (TPSA) is 155 Å². The molecular weight excluding hydrogens is 621 g/mol. The van der Waals surface area contributed by atoms with Gasteiger partial charge in [0.1, 0.15) is 18.9 Å². The number of nitrogens with zero attached hydrogens (tertiary/aromatic N) is 2. The number of aromatic amines is 1. The first-order chi connectivity index (χ1) is 23.2. The number of H-pyrrole nitrogens is 1. The normalized spacial score (nSPS) is 18.4. The minimum Gasteiger partial charge on any atom is -0.447 e. The number of aliphatic hydroxyl groups is 1. The highest BCUT2D eigenvalue weighted by Crippen LogP contribution is 2.27. The number of ether oxygens (including phenoxy) is 2. The Kier molecular flexibility index (Phi) is 20.2. The predicted molar refractivity (Wildman–Crippen MR) is 184 cm³/mol. The smallest absolute Gasteiger partial charge is 0.407 e. The summed E-state index contributed by atoms with van der Waals surface area (Å²) in [5.41, 5.74) is -2.02. The zero-order chi connectivity index (χ0) is 35.0. The van der Waals surface area contributed by atoms with Crippen LogP contribution in [0.4, 0.5) is 9.18 Å². The first kappa shape index (κ1) is 40.1. The van der Waals surface area contributed by atoms with Gasteiger partial charge in [-0.3, -0.25) is 19.1 Å². The van der Waals surface area contributed by atoms with E-state index < -0.39 is 41.6 Å². The number of hydrogen-bond donors (Lipinski definition) is 4. The van der Waals surface area contributed by atoms with Gasteiger partial charge in [0.25, 0.3) is 5.56 Å². The molecule has 1 aromatic heterocycles. The van der Waals surface area contributed by atoms with Gasteiger partial charge < -0.3 is 30.1 Å². The molecular formula is C35H52FN5O7. The van der Waals surface area contributed by atoms with E-state index in [-0.39, 0.29) is 18.9 Å². The molecule has 1 unspecified atom stereocenters. The Bertz CT molecular complexity index is 1370. The standard InChI is InChI=1S/C35H52FN5O7/c1-3-4-5-6-7-8-9-10-11-12-13-14-15-16-17-18-19-20-31(43)37-21-23-40(2)24-22-38-35(46)47-27-30-29(42)25-32(48-30)41-26-28(36)33(44)39-34(41)45/h4-5,7-8,10-11,13-14,16-17,26,29-30,32,42H,3,6,9,12,15,18-25,27H2,1-2H3,(H,37,43)(H,38,46)(H,39,44,45)/b5-4-,8-7-,11-10-,14-13-,17-16-/t29-,30+,32?/m0/s1. The molecule has 266 valence electrons. The highest BCUT2D eigenvalue weighted by molar-refractivity contribution is 5.75. The van der Waals surface area contributed by atoms with Gasteiger partial charge in [-0.2, -0.15) is 4.39 Å². The van der Waals surface area contributed by atoms with Gasteiger partial charge in [-0.15, -0.1) is 0 Å². The van der Waals surface area contributed by atoms with Crippen LogP contribution < -0.4 is 21.9 Å². The van der Waals surface area contributed by atoms with E-state index in [4.69, 9.17) is 9.47 Å². The molecule has 0 radical (unpaired) electrons. The van der Waals surface area contributed by atoms with E-state index in [1.54, 1.807) is 0 Å². The maximum absolute atomic E-state index is 13.6. The summed E-state index contributed by atoms with van der Waals surface area (Å²) < 4.78 is 25.1. The van der Waals surface area contributed by atoms with Crippen LogP contribution in [0.3, 0.4) is 0 Å². The van der Waals surface area contributed by atoms with Gasteiger partial charge in [-0.05, 0) is 52.0 Å². The van der Waals surface area contributed by atoms with Crippen molar-refractivity contribution in [3.05, 3.63) is 93.6 Å². The summed E-state index contributed by atoms with van der Waals surface area (Å²) in [6, 6.07) is 0. The van der Waals surface area contributed by atoms with Gasteiger partial charge in [-0.25, -0.2) is 9.59 Å². The quantitative estimate of drug-likeness (QED) is 0.106. The van der Waals surface area contributed by atoms with Crippen LogP contribution in [-0.4, -0.2) is 83.6 Å². The van der Waals surface area contributed by atoms with Crippen LogP contribution in [0.1, 0.15) is 70.9 Å². The van der Waals surface area contributed by atoms with E-state index in [0.29, 0.717) is 38.8 Å². The maximum atomic E-state index is 13.6. The lowest BCUT2D eigenvalue weighted by atomic mass is 10.2. The Morgan fingerprint density at radius 2 is 1.58 bits per heavy atom. The number of halogens is 1. The van der Waals surface area contributed by atoms with Crippen LogP contribution in [0, 0.1) is 5.82 Å². The largest absolute Gasteiger partial charge is 0.447 e. The summed E-state index contributed by atoms with van der Waals surface area (Å²) in [6.07, 6.45) is 25.5. The number of hydrogen-bond acceptors (Lipinski definition) is 8. The number of unbranched alkanes of at least 4 members (excludes halogenated alkanes) is 1. The number of allylic oxidation sites excluding steroid dienone is 10. The molecule has 1 fully saturated rings. The lowest BCUT2D eigenvalue weighted by Crippen LogP contribution is -2.38. The van der Waals surface area contributed by atoms with Gasteiger partial charge >= 0.3 is 11.8 Å². The van der Waals surface area contributed by atoms with E-state index in [2.05, 4.69) is 78.3 Å². The number of alkyl carbamates (subject to hydrolysis) is 1. The van der Waals surface area contributed by atoms with Crippen molar-refractivity contribution in [3.8, 4) is 0 Å². The van der Waals surface area contributed by atoms with Crippen molar-refractivity contribution < 1.29 is 28.6 Å². The molecule has 3 atom stereocenters. The number of carbonyl (C=O) groups excluding carboxylic acids is 2. The van der Waals surface area contributed by atoms with Crippen molar-refractivity contribution in [3.63, 3.8) is 0 Å². The summed E-state index contributed by atoms with van der Waals surface area (Å²) in [5, 5.41) is 15.7. The fourth-order valence-corrected chi connectivity index (χ4v) is 4.60. The number of rotatable bonds is 22. The summed E-state index contributed by atoms with van der Waals surface area (Å²) in [6.45, 7) is 3.75. The van der Waals surface area contributed by atoms with Crippen LogP contribution in [-0.2, 0) is 14.3 Å². The first-order valence-electron chi connectivity index (χ1n) is 16.7. The molecule has 2 heterocycles. The van der Waals surface area contributed by atoms with Gasteiger partial charge in [0, 0.05) is 39.0 Å². The fraction of sp³-hybridized carbons (Fsp3) is 0.543. The molecule has 0 aliphatic carbocycles. The Balaban J connectivity index is 1.46. The zero-order valence-electron chi connectivity index (χ0n) is 28.2. The van der Waals surface area contributed by atoms with Crippen LogP contribution in [0.15, 0.2) is 76.5 Å². The third-order valence-electron chi connectivity index (χ3n) is 7.33. The maximum Gasteiger partial charge on any atom is 0.407 e. The molecule has 13 heteroatoms. The highest BCUT2D eigenvalue weighted by Gasteiger charge is 2.36. The van der Waals surface area contributed by atoms with Crippen molar-refractivity contribution >= 4 is 12.0 Å². The molecule has 0 bridgehead atoms. The van der Waals surface area contributed by atoms with Crippen LogP contribution in [0.25, 0.3) is 0 Å². The van der Waals surface area contributed by atoms with Gasteiger partial charge in [0.2, 0.25) is 11.7 Å². The Morgan fingerprint density at radius 3 is 2.21 bits per heavy atom. The number of amides is 2. The van der Waals surface area contributed by atoms with Crippen molar-refractivity contribution in [2.45, 2.75) is 83.1 Å². The van der Waals surface area contributed by atoms with E-state index in [0.717, 1.165) is 49.5 Å². The van der Waals surface area contributed by atoms with E-state index >= 15 is 0 Å². The van der Waals surface area contributed by atoms with Crippen molar-refractivity contribution in [2.75, 3.05) is 39.8 Å². The molecule has 0 saturated carbocycles. The highest BCUT2D eigenvalue weighted by atomic mass is 19.1. The predicted octanol–water partition coefficient (Wildman–Crippen LogP) is 4.02. The van der Waals surface area contributed by atoms with E-state index in [9.17, 15) is 28.7 Å². The number of likely N-dealkylation sites (N-methyl/N-ethyl adjacent to an activating group) is 1. The molecule has 1 saturated heterocycles. The minimum absolute atomic E-state index is 0.00609. The molecule has 48 heavy (non-hydrogen) atoms. The first-order valence-corrected chi connectivity index (χ1v) is 16.7. The van der Waals surface area contributed by atoms with Crippen LogP contribution in [0.5, 0.6) is 0 Å². The van der Waals surface area contributed by atoms with Crippen molar-refractivity contribution in [2.24, 2.45) is 0 Å². The minimum atomic E-state index is -1.16. The van der Waals surface area contributed by atoms with Gasteiger partial charge in [0.15, 0.2) is 0 Å². The lowest BCUT2D eigenvalue weighted by molar-refractivity contribution is -0.121. The van der Waals surface area contributed by atoms with Crippen molar-refractivity contribution in [1.29, 1.82) is 0 Å². The zero-order valence-corrected chi connectivity index (χ0v) is 28.2. The summed E-state index contributed by atoms with van der Waals surface area (Å²) in [7, 11) is 1.87. The Morgan fingerprint density at radius 1 is 1.00 bits per heavy atom. The second-order valence-electron chi connectivity index (χ2n) is 11.4. The molecule has 2 amide bonds. The van der Waals surface area contributed by atoms with Crippen molar-refractivity contribution in [1.82, 2.24) is 25.1 Å². The monoisotopic (exact) mass is 673 g/mol. The molecule has 1 aliphatic heterocycles. The molecule has 1 aromatic rings. The molecule has 0 aromatic carbocycles. The van der Waals surface area contributed by atoms with E-state index in [1.807, 2.05) is 16.9 Å². The molecule has 4 N–H and O–H groups in total. The van der Waals surface area contributed by atoms with Crippen LogP contribution >= 0.6 is 0 Å². The Labute approximate surface area is 282 Å². The van der Waals surface area contributed by atoms with Gasteiger partial charge in [-0.1, -0.05) is 67.7 Å². The average Bonchev–Trinajstić information content (AvgIpc) is 3.42. The number of aliphatic hydroxyl groups excluding tert-OH is 1. The summed E-state index contributed by atoms with van der Waals surface area (Å²) >= 11 is 0. The number of nitrogens with one attached hydrogen (secondary N) is 3. The summed E-state index contributed by atoms with van der Waals surface area (Å²) in [5.74, 6) is -1.15. The second kappa shape index (κ2) is 24.1. The van der Waals surface area contributed by atoms with E-state index in [1.165, 1.54) is 0 Å². The van der Waals surface area contributed by atoms with Crippen LogP contribution in [0.2, 0.25) is 0 Å². The molecule has 0 spiro atoms. The average molecular weight is 674 g/mol.